The lowest BCUT2D eigenvalue weighted by Gasteiger charge is -2.27. The maximum absolute atomic E-state index is 13.3. The smallest absolute Gasteiger partial charge is 0.245 e. The molecule has 0 aromatic rings. The van der Waals surface area contributed by atoms with Gasteiger partial charge in [0.05, 0.1) is 12.6 Å². The van der Waals surface area contributed by atoms with Crippen LogP contribution in [0.5, 0.6) is 0 Å². The molecule has 7 amide bonds. The average molecular weight is 657 g/mol. The van der Waals surface area contributed by atoms with E-state index in [1.807, 2.05) is 13.8 Å². The van der Waals surface area contributed by atoms with Crippen molar-refractivity contribution in [1.82, 2.24) is 37.2 Å². The second-order valence-electron chi connectivity index (χ2n) is 11.6. The molecular weight excluding hydrogens is 604 g/mol. The molecule has 1 aliphatic heterocycles. The van der Waals surface area contributed by atoms with Crippen molar-refractivity contribution in [2.45, 2.75) is 95.6 Å². The highest BCUT2D eigenvalue weighted by molar-refractivity contribution is 5.96. The lowest BCUT2D eigenvalue weighted by molar-refractivity contribution is -0.135. The third-order valence-corrected chi connectivity index (χ3v) is 7.01. The number of nitrogens with two attached hydrogens (primary N) is 3. The summed E-state index contributed by atoms with van der Waals surface area (Å²) in [6, 6.07) is -5.96. The summed E-state index contributed by atoms with van der Waals surface area (Å²) in [5.41, 5.74) is 17.0. The molecular formula is C28H52N10O8. The molecule has 46 heavy (non-hydrogen) atoms. The van der Waals surface area contributed by atoms with E-state index in [1.54, 1.807) is 0 Å². The van der Waals surface area contributed by atoms with Crippen LogP contribution >= 0.6 is 0 Å². The van der Waals surface area contributed by atoms with Gasteiger partial charge >= 0.3 is 0 Å². The Hall–Kier alpha value is -3.87. The fraction of sp³-hybridized carbons (Fsp3) is 0.750. The third-order valence-electron chi connectivity index (χ3n) is 7.01. The van der Waals surface area contributed by atoms with Crippen LogP contribution < -0.4 is 54.4 Å². The molecule has 0 aromatic carbocycles. The summed E-state index contributed by atoms with van der Waals surface area (Å²) in [5, 5.41) is 27.8. The van der Waals surface area contributed by atoms with E-state index in [2.05, 4.69) is 37.2 Å². The highest BCUT2D eigenvalue weighted by atomic mass is 16.3. The molecule has 1 rings (SSSR count). The van der Waals surface area contributed by atoms with Gasteiger partial charge in [0.2, 0.25) is 41.4 Å². The minimum absolute atomic E-state index is 0.000240. The molecule has 14 N–H and O–H groups in total. The minimum atomic E-state index is -1.40. The van der Waals surface area contributed by atoms with Crippen molar-refractivity contribution in [1.29, 1.82) is 0 Å². The van der Waals surface area contributed by atoms with Crippen molar-refractivity contribution in [3.05, 3.63) is 0 Å². The molecule has 0 saturated carbocycles. The van der Waals surface area contributed by atoms with Crippen LogP contribution in [0.1, 0.15) is 59.3 Å². The molecule has 18 nitrogen and oxygen atoms in total. The number of rotatable bonds is 9. The first kappa shape index (κ1) is 40.2. The van der Waals surface area contributed by atoms with Gasteiger partial charge in [-0.3, -0.25) is 33.6 Å². The average Bonchev–Trinajstić information content (AvgIpc) is 2.98. The fourth-order valence-corrected chi connectivity index (χ4v) is 4.59. The number of hydrogen-bond acceptors (Lipinski definition) is 11. The van der Waals surface area contributed by atoms with Gasteiger partial charge in [0, 0.05) is 13.0 Å². The molecule has 0 aliphatic carbocycles. The Morgan fingerprint density at radius 2 is 1.11 bits per heavy atom. The maximum Gasteiger partial charge on any atom is 0.245 e. The third kappa shape index (κ3) is 14.5. The molecule has 0 radical (unpaired) electrons. The number of nitrogens with one attached hydrogen (secondary N) is 7. The fourth-order valence-electron chi connectivity index (χ4n) is 4.59. The van der Waals surface area contributed by atoms with Crippen LogP contribution in [-0.4, -0.2) is 115 Å². The van der Waals surface area contributed by atoms with Crippen molar-refractivity contribution in [3.8, 4) is 0 Å². The van der Waals surface area contributed by atoms with Crippen molar-refractivity contribution >= 4 is 41.4 Å². The van der Waals surface area contributed by atoms with Crippen molar-refractivity contribution in [2.24, 2.45) is 23.1 Å². The summed E-state index contributed by atoms with van der Waals surface area (Å²) < 4.78 is 0. The molecule has 1 fully saturated rings. The Morgan fingerprint density at radius 3 is 1.61 bits per heavy atom. The summed E-state index contributed by atoms with van der Waals surface area (Å²) in [7, 11) is 0. The van der Waals surface area contributed by atoms with Crippen LogP contribution in [-0.2, 0) is 33.6 Å². The highest BCUT2D eigenvalue weighted by Gasteiger charge is 2.32. The van der Waals surface area contributed by atoms with E-state index in [9.17, 15) is 38.7 Å². The molecule has 0 spiro atoms. The second-order valence-corrected chi connectivity index (χ2v) is 11.6. The molecule has 6 atom stereocenters. The molecule has 2 unspecified atom stereocenters. The van der Waals surface area contributed by atoms with Gasteiger partial charge in [0.15, 0.2) is 0 Å². The first-order valence-corrected chi connectivity index (χ1v) is 15.6. The highest BCUT2D eigenvalue weighted by Crippen LogP contribution is 2.07. The summed E-state index contributed by atoms with van der Waals surface area (Å²) in [4.78, 5) is 90.6. The Kier molecular flexibility index (Phi) is 18.4. The second kappa shape index (κ2) is 21.0. The van der Waals surface area contributed by atoms with Crippen LogP contribution in [0, 0.1) is 5.92 Å². The summed E-state index contributed by atoms with van der Waals surface area (Å²) in [6.07, 6.45) is -1.03. The van der Waals surface area contributed by atoms with Gasteiger partial charge in [-0.1, -0.05) is 13.8 Å². The van der Waals surface area contributed by atoms with Crippen molar-refractivity contribution < 1.29 is 38.7 Å². The summed E-state index contributed by atoms with van der Waals surface area (Å²) >= 11 is 0. The van der Waals surface area contributed by atoms with Gasteiger partial charge < -0.3 is 59.5 Å². The van der Waals surface area contributed by atoms with Gasteiger partial charge in [-0.2, -0.15) is 0 Å². The normalized spacial score (nSPS) is 26.1. The molecule has 0 bridgehead atoms. The molecule has 18 heteroatoms. The van der Waals surface area contributed by atoms with Crippen LogP contribution in [0.4, 0.5) is 0 Å². The van der Waals surface area contributed by atoms with E-state index >= 15 is 0 Å². The number of hydrogen-bond donors (Lipinski definition) is 11. The van der Waals surface area contributed by atoms with E-state index in [0.29, 0.717) is 0 Å². The molecule has 1 aliphatic rings. The Labute approximate surface area is 268 Å². The largest absolute Gasteiger partial charge is 0.391 e. The zero-order valence-electron chi connectivity index (χ0n) is 26.9. The number of amides is 7. The van der Waals surface area contributed by atoms with Crippen molar-refractivity contribution in [3.63, 3.8) is 0 Å². The maximum atomic E-state index is 13.3. The zero-order valence-corrected chi connectivity index (χ0v) is 26.9. The topological polar surface area (TPSA) is 302 Å². The van der Waals surface area contributed by atoms with Gasteiger partial charge in [0.1, 0.15) is 30.2 Å². The number of aliphatic hydroxyl groups excluding tert-OH is 1. The number of aliphatic hydroxyl groups is 1. The Bertz CT molecular complexity index is 1060. The zero-order chi connectivity index (χ0) is 34.8. The van der Waals surface area contributed by atoms with Crippen molar-refractivity contribution in [2.75, 3.05) is 32.7 Å². The van der Waals surface area contributed by atoms with E-state index in [0.717, 1.165) is 0 Å². The number of carbonyl (C=O) groups is 7. The number of carbonyl (C=O) groups excluding carboxylic acids is 7. The monoisotopic (exact) mass is 656 g/mol. The van der Waals surface area contributed by atoms with E-state index in [4.69, 9.17) is 17.2 Å². The van der Waals surface area contributed by atoms with Gasteiger partial charge in [-0.05, 0) is 64.6 Å². The predicted molar refractivity (Wildman–Crippen MR) is 167 cm³/mol. The lowest BCUT2D eigenvalue weighted by atomic mass is 10.0. The first-order chi connectivity index (χ1) is 21.7. The standard InChI is InChI=1S/C28H52N10O8/c1-15(2)13-20-27(45)37-18(7-10-30)25(43)36-19(8-11-31)26(44)38-23(16(3)39)28(46)32-12-4-5-21(40)34-17(6-9-29)24(42)33-14-22(41)35-20/h15-20,23,39H,4-14,29-31H2,1-3H3,(H,32,46)(H,33,42)(H,34,40)(H,35,41)(H,36,43)(H,37,45)(H,38,44)/t16?,17-,18-,19-,20-,23?/m0/s1. The minimum Gasteiger partial charge on any atom is -0.391 e. The van der Waals surface area contributed by atoms with Crippen LogP contribution in [0.2, 0.25) is 0 Å². The molecule has 262 valence electrons. The van der Waals surface area contributed by atoms with E-state index in [-0.39, 0.29) is 70.6 Å². The summed E-state index contributed by atoms with van der Waals surface area (Å²) in [6.45, 7) is 4.47. The Morgan fingerprint density at radius 1 is 0.630 bits per heavy atom. The van der Waals surface area contributed by atoms with E-state index in [1.165, 1.54) is 6.92 Å². The van der Waals surface area contributed by atoms with Crippen LogP contribution in [0.25, 0.3) is 0 Å². The Balaban J connectivity index is 3.37. The predicted octanol–water partition coefficient (Wildman–Crippen LogP) is -5.09. The SMILES string of the molecule is CC(C)C[C@@H]1NC(=O)CNC(=O)[C@H](CCN)NC(=O)CCCNC(=O)C(C(C)O)NC(=O)[C@H](CCN)NC(=O)[C@H](CCN)NC1=O. The molecule has 1 heterocycles. The molecule has 0 aromatic heterocycles. The van der Waals surface area contributed by atoms with Crippen LogP contribution in [0.3, 0.4) is 0 Å². The lowest BCUT2D eigenvalue weighted by Crippen LogP contribution is -2.60. The molecule has 1 saturated heterocycles. The van der Waals surface area contributed by atoms with Crippen LogP contribution in [0.15, 0.2) is 0 Å². The summed E-state index contributed by atoms with van der Waals surface area (Å²) in [5.74, 6) is -4.90. The van der Waals surface area contributed by atoms with Gasteiger partial charge in [-0.15, -0.1) is 0 Å². The van der Waals surface area contributed by atoms with Gasteiger partial charge in [-0.25, -0.2) is 0 Å². The van der Waals surface area contributed by atoms with E-state index < -0.39 is 84.2 Å². The first-order valence-electron chi connectivity index (χ1n) is 15.6. The quantitative estimate of drug-likeness (QED) is 0.112. The van der Waals surface area contributed by atoms with Gasteiger partial charge in [0.25, 0.3) is 0 Å².